The van der Waals surface area contributed by atoms with Crippen LogP contribution >= 0.6 is 0 Å². The zero-order valence-electron chi connectivity index (χ0n) is 25.1. The van der Waals surface area contributed by atoms with Crippen molar-refractivity contribution in [2.24, 2.45) is 39.9 Å². The van der Waals surface area contributed by atoms with Gasteiger partial charge in [-0.25, -0.2) is 0 Å². The Hall–Kier alpha value is -2.09. The molecule has 1 spiro atoms. The lowest BCUT2D eigenvalue weighted by Crippen LogP contribution is -2.66. The van der Waals surface area contributed by atoms with Gasteiger partial charge in [0.1, 0.15) is 18.3 Å². The Morgan fingerprint density at radius 2 is 1.67 bits per heavy atom. The van der Waals surface area contributed by atoms with Crippen LogP contribution < -0.4 is 0 Å². The molecule has 0 aromatic rings. The normalized spacial score (nSPS) is 45.3. The molecule has 1 saturated heterocycles. The van der Waals surface area contributed by atoms with Gasteiger partial charge in [-0.1, -0.05) is 27.4 Å². The molecule has 5 rings (SSSR count). The van der Waals surface area contributed by atoms with Crippen molar-refractivity contribution in [1.82, 2.24) is 0 Å². The molecule has 0 aromatic carbocycles. The first kappa shape index (κ1) is 32.3. The fourth-order valence-corrected chi connectivity index (χ4v) is 9.79. The van der Waals surface area contributed by atoms with Crippen LogP contribution in [0.15, 0.2) is 12.2 Å². The molecule has 0 unspecified atom stereocenters. The number of fused-ring (bicyclic) bond motifs is 3. The minimum atomic E-state index is -2.20. The number of aliphatic hydroxyl groups excluding tert-OH is 4. The minimum Gasteiger partial charge on any atom is -0.480 e. The van der Waals surface area contributed by atoms with Gasteiger partial charge in [-0.05, 0) is 73.2 Å². The summed E-state index contributed by atoms with van der Waals surface area (Å²) < 4.78 is 17.6. The highest BCUT2D eigenvalue weighted by atomic mass is 16.7. The van der Waals surface area contributed by atoms with Crippen LogP contribution in [0.4, 0.5) is 0 Å². The predicted molar refractivity (Wildman–Crippen MR) is 148 cm³/mol. The highest BCUT2D eigenvalue weighted by Crippen LogP contribution is 2.72. The van der Waals surface area contributed by atoms with E-state index in [0.29, 0.717) is 19.3 Å². The molecular weight excluding hydrogens is 564 g/mol. The van der Waals surface area contributed by atoms with Crippen molar-refractivity contribution in [2.45, 2.75) is 115 Å². The Bertz CT molecular complexity index is 1120. The van der Waals surface area contributed by atoms with Gasteiger partial charge in [0.05, 0.1) is 18.8 Å². The molecule has 242 valence electrons. The molecular formula is C31H46O12. The van der Waals surface area contributed by atoms with Crippen molar-refractivity contribution >= 4 is 17.9 Å². The third kappa shape index (κ3) is 4.93. The lowest BCUT2D eigenvalue weighted by atomic mass is 9.40. The number of carbonyl (C=O) groups excluding carboxylic acids is 1. The van der Waals surface area contributed by atoms with E-state index in [-0.39, 0.29) is 30.6 Å². The lowest BCUT2D eigenvalue weighted by molar-refractivity contribution is -0.324. The fraction of sp³-hybridized carbons (Fsp3) is 0.839. The number of carboxylic acids is 2. The Balaban J connectivity index is 1.51. The van der Waals surface area contributed by atoms with Gasteiger partial charge in [0.2, 0.25) is 0 Å². The van der Waals surface area contributed by atoms with E-state index in [4.69, 9.17) is 14.2 Å². The second kappa shape index (κ2) is 11.4. The van der Waals surface area contributed by atoms with Gasteiger partial charge < -0.3 is 44.8 Å². The molecule has 6 N–H and O–H groups in total. The molecule has 2 bridgehead atoms. The first-order valence-corrected chi connectivity index (χ1v) is 15.4. The van der Waals surface area contributed by atoms with Crippen LogP contribution in [0.5, 0.6) is 0 Å². The number of ether oxygens (including phenoxy) is 3. The van der Waals surface area contributed by atoms with Crippen molar-refractivity contribution in [3.05, 3.63) is 12.2 Å². The maximum absolute atomic E-state index is 13.0. The van der Waals surface area contributed by atoms with Crippen molar-refractivity contribution in [3.63, 3.8) is 0 Å². The molecule has 4 saturated carbocycles. The second-order valence-electron chi connectivity index (χ2n) is 14.3. The summed E-state index contributed by atoms with van der Waals surface area (Å²) in [7, 11) is 0. The molecule has 0 amide bonds. The maximum Gasteiger partial charge on any atom is 0.321 e. The number of rotatable bonds is 8. The summed E-state index contributed by atoms with van der Waals surface area (Å²) in [6.07, 6.45) is -6.54. The lowest BCUT2D eigenvalue weighted by Gasteiger charge is -2.64. The van der Waals surface area contributed by atoms with E-state index < -0.39 is 96.0 Å². The first-order chi connectivity index (χ1) is 20.1. The van der Waals surface area contributed by atoms with Crippen LogP contribution in [0.1, 0.15) is 72.1 Å². The summed E-state index contributed by atoms with van der Waals surface area (Å²) in [6.45, 7) is 8.99. The number of carbonyl (C=O) groups is 3. The van der Waals surface area contributed by atoms with Gasteiger partial charge in [0.15, 0.2) is 17.8 Å². The van der Waals surface area contributed by atoms with Gasteiger partial charge in [0.25, 0.3) is 0 Å². The Morgan fingerprint density at radius 1 is 1.00 bits per heavy atom. The molecule has 1 aliphatic heterocycles. The minimum absolute atomic E-state index is 0.0121. The molecule has 12 heteroatoms. The molecule has 5 fully saturated rings. The average molecular weight is 611 g/mol. The molecule has 1 heterocycles. The highest BCUT2D eigenvalue weighted by molar-refractivity contribution is 5.99. The third-order valence-corrected chi connectivity index (χ3v) is 11.6. The van der Waals surface area contributed by atoms with E-state index >= 15 is 0 Å². The number of carboxylic acid groups (broad SMARTS) is 2. The van der Waals surface area contributed by atoms with Gasteiger partial charge >= 0.3 is 17.9 Å². The van der Waals surface area contributed by atoms with E-state index in [1.54, 1.807) is 13.8 Å². The van der Waals surface area contributed by atoms with E-state index in [1.165, 1.54) is 0 Å². The monoisotopic (exact) mass is 610 g/mol. The van der Waals surface area contributed by atoms with Crippen LogP contribution in [0, 0.1) is 39.9 Å². The van der Waals surface area contributed by atoms with Gasteiger partial charge in [-0.2, -0.15) is 0 Å². The van der Waals surface area contributed by atoms with Crippen LogP contribution in [0.3, 0.4) is 0 Å². The predicted octanol–water partition coefficient (Wildman–Crippen LogP) is 1.47. The topological polar surface area (TPSA) is 200 Å². The molecule has 0 aromatic heterocycles. The fourth-order valence-electron chi connectivity index (χ4n) is 9.79. The maximum atomic E-state index is 13.0. The zero-order valence-corrected chi connectivity index (χ0v) is 25.1. The third-order valence-electron chi connectivity index (χ3n) is 11.6. The smallest absolute Gasteiger partial charge is 0.321 e. The first-order valence-electron chi connectivity index (χ1n) is 15.4. The van der Waals surface area contributed by atoms with E-state index in [0.717, 1.165) is 18.4 Å². The standard InChI is InChI=1S/C31H46O12/c1-14(2)9-21(33)43-24-23(35)22(34)18(13-32)42-26(24)41-17-11-29(4)19-6-5-16-10-30(19,25(36)15(16)3)8-7-20(29)31(12-17,27(37)38)28(39)40/h14,16-20,22-26,32,34-36H,3,5-13H2,1-2,4H3,(H,37,38)(H,39,40)/t16-,17+,18-,19+,20-,22-,23+,24-,25+,26-,29+,30-/m1/s1. The SMILES string of the molecule is C=C1[C@@H]2CC[C@H]3[C@]4(C)C[C@H](O[C@@H]5O[C@H](CO)[C@@H](O)[C@H](O)[C@H]5OC(=O)CC(C)C)CC(C(=O)O)(C(=O)O)[C@@H]4CC[C@]3(C2)[C@H]1O. The van der Waals surface area contributed by atoms with Gasteiger partial charge in [-0.15, -0.1) is 0 Å². The van der Waals surface area contributed by atoms with Crippen molar-refractivity contribution in [2.75, 3.05) is 6.61 Å². The molecule has 43 heavy (non-hydrogen) atoms. The summed E-state index contributed by atoms with van der Waals surface area (Å²) in [5.41, 5.74) is -2.82. The number of hydrogen-bond donors (Lipinski definition) is 6. The van der Waals surface area contributed by atoms with Crippen LogP contribution in [-0.2, 0) is 28.6 Å². The Labute approximate surface area is 251 Å². The number of aliphatic hydroxyl groups is 4. The quantitative estimate of drug-likeness (QED) is 0.100. The average Bonchev–Trinajstić information content (AvgIpc) is 3.10. The Kier molecular flexibility index (Phi) is 8.54. The van der Waals surface area contributed by atoms with Crippen molar-refractivity contribution in [1.29, 1.82) is 0 Å². The summed E-state index contributed by atoms with van der Waals surface area (Å²) in [6, 6.07) is 0. The molecule has 12 nitrogen and oxygen atoms in total. The molecule has 12 atom stereocenters. The Morgan fingerprint density at radius 3 is 2.28 bits per heavy atom. The van der Waals surface area contributed by atoms with Crippen LogP contribution in [0.25, 0.3) is 0 Å². The summed E-state index contributed by atoms with van der Waals surface area (Å²) in [5.74, 6) is -4.45. The highest BCUT2D eigenvalue weighted by Gasteiger charge is 2.72. The number of hydrogen-bond acceptors (Lipinski definition) is 10. The van der Waals surface area contributed by atoms with E-state index in [9.17, 15) is 45.0 Å². The van der Waals surface area contributed by atoms with Crippen molar-refractivity contribution < 1.29 is 59.2 Å². The van der Waals surface area contributed by atoms with Gasteiger partial charge in [-0.3, -0.25) is 14.4 Å². The summed E-state index contributed by atoms with van der Waals surface area (Å²) in [4.78, 5) is 38.6. The van der Waals surface area contributed by atoms with Crippen molar-refractivity contribution in [3.8, 4) is 0 Å². The molecule has 0 radical (unpaired) electrons. The second-order valence-corrected chi connectivity index (χ2v) is 14.3. The zero-order chi connectivity index (χ0) is 31.6. The summed E-state index contributed by atoms with van der Waals surface area (Å²) in [5, 5.41) is 63.8. The summed E-state index contributed by atoms with van der Waals surface area (Å²) >= 11 is 0. The van der Waals surface area contributed by atoms with Gasteiger partial charge in [0, 0.05) is 18.3 Å². The van der Waals surface area contributed by atoms with Crippen LogP contribution in [0.2, 0.25) is 0 Å². The number of esters is 1. The molecule has 4 aliphatic carbocycles. The molecule has 5 aliphatic rings. The largest absolute Gasteiger partial charge is 0.480 e. The van der Waals surface area contributed by atoms with E-state index in [2.05, 4.69) is 6.58 Å². The number of aliphatic carboxylic acids is 2. The van der Waals surface area contributed by atoms with Crippen LogP contribution in [-0.4, -0.2) is 98.1 Å². The van der Waals surface area contributed by atoms with E-state index in [1.807, 2.05) is 6.92 Å².